The molecule has 1 aromatic carbocycles. The fraction of sp³-hybridized carbons (Fsp3) is 0.500. The Balaban J connectivity index is 1.29. The highest BCUT2D eigenvalue weighted by atomic mass is 32.2. The van der Waals surface area contributed by atoms with Gasteiger partial charge in [-0.05, 0) is 64.8 Å². The normalized spacial score (nSPS) is 20.5. The summed E-state index contributed by atoms with van der Waals surface area (Å²) in [5.74, 6) is 0.300. The van der Waals surface area contributed by atoms with Crippen molar-refractivity contribution >= 4 is 33.8 Å². The third-order valence-corrected chi connectivity index (χ3v) is 7.05. The predicted molar refractivity (Wildman–Crippen MR) is 133 cm³/mol. The molecule has 0 radical (unpaired) electrons. The standard InChI is InChI=1S/C24H31N5O7S/c1-23(2,3)36-22(31)29-37(32,33)18-7-5-16(6-8-18)27-20-25-12-15(13-26-20)19-11-17(14-34-19)35-21(30)28-24(4)9-10-24/h5-8,12-13,17,19H,9-11,14H2,1-4H3,(H,28,30)(H,29,31)(H,25,26,27)/t17-,19-/m1/s1. The van der Waals surface area contributed by atoms with Crippen molar-refractivity contribution < 1.29 is 32.2 Å². The van der Waals surface area contributed by atoms with Crippen LogP contribution in [0.3, 0.4) is 0 Å². The van der Waals surface area contributed by atoms with Gasteiger partial charge in [-0.3, -0.25) is 0 Å². The number of nitrogens with one attached hydrogen (secondary N) is 3. The molecule has 1 aliphatic carbocycles. The third-order valence-electron chi connectivity index (χ3n) is 5.72. The Hall–Kier alpha value is -3.45. The number of ether oxygens (including phenoxy) is 3. The van der Waals surface area contributed by atoms with Crippen LogP contribution < -0.4 is 15.4 Å². The highest BCUT2D eigenvalue weighted by Crippen LogP contribution is 2.35. The maximum atomic E-state index is 12.4. The average molecular weight is 534 g/mol. The molecule has 2 aliphatic rings. The second kappa shape index (κ2) is 10.1. The summed E-state index contributed by atoms with van der Waals surface area (Å²) in [5, 5.41) is 5.85. The van der Waals surface area contributed by atoms with Crippen molar-refractivity contribution in [2.24, 2.45) is 0 Å². The largest absolute Gasteiger partial charge is 0.444 e. The molecule has 200 valence electrons. The van der Waals surface area contributed by atoms with E-state index < -0.39 is 27.8 Å². The van der Waals surface area contributed by atoms with Crippen molar-refractivity contribution in [1.29, 1.82) is 0 Å². The number of aromatic nitrogens is 2. The summed E-state index contributed by atoms with van der Waals surface area (Å²) >= 11 is 0. The number of carbonyl (C=O) groups is 2. The van der Waals surface area contributed by atoms with Crippen molar-refractivity contribution in [2.75, 3.05) is 11.9 Å². The monoisotopic (exact) mass is 533 g/mol. The number of anilines is 2. The lowest BCUT2D eigenvalue weighted by atomic mass is 10.1. The molecule has 2 aromatic rings. The molecular weight excluding hydrogens is 502 g/mol. The minimum absolute atomic E-state index is 0.102. The van der Waals surface area contributed by atoms with Crippen LogP contribution in [-0.2, 0) is 24.2 Å². The van der Waals surface area contributed by atoms with Crippen LogP contribution in [0.15, 0.2) is 41.6 Å². The summed E-state index contributed by atoms with van der Waals surface area (Å²) in [6, 6.07) is 5.73. The number of amides is 2. The van der Waals surface area contributed by atoms with Crippen LogP contribution in [0.1, 0.15) is 58.6 Å². The quantitative estimate of drug-likeness (QED) is 0.481. The Morgan fingerprint density at radius 3 is 2.32 bits per heavy atom. The zero-order valence-corrected chi connectivity index (χ0v) is 21.9. The van der Waals surface area contributed by atoms with Gasteiger partial charge in [0.1, 0.15) is 11.7 Å². The van der Waals surface area contributed by atoms with Gasteiger partial charge in [-0.2, -0.15) is 0 Å². The molecule has 0 bridgehead atoms. The van der Waals surface area contributed by atoms with Crippen LogP contribution in [0.25, 0.3) is 0 Å². The van der Waals surface area contributed by atoms with Crippen molar-refractivity contribution in [2.45, 2.75) is 75.2 Å². The number of sulfonamides is 1. The van der Waals surface area contributed by atoms with Crippen LogP contribution in [0.4, 0.5) is 21.2 Å². The molecule has 3 N–H and O–H groups in total. The van der Waals surface area contributed by atoms with Gasteiger partial charge < -0.3 is 24.8 Å². The Kier molecular flexibility index (Phi) is 7.29. The summed E-state index contributed by atoms with van der Waals surface area (Å²) in [5.41, 5.74) is 0.330. The van der Waals surface area contributed by atoms with Crippen LogP contribution in [-0.4, -0.2) is 54.4 Å². The molecule has 4 rings (SSSR count). The molecule has 0 unspecified atom stereocenters. The van der Waals surface area contributed by atoms with Gasteiger partial charge in [0.05, 0.1) is 17.6 Å². The highest BCUT2D eigenvalue weighted by molar-refractivity contribution is 7.90. The molecule has 37 heavy (non-hydrogen) atoms. The number of hydrogen-bond acceptors (Lipinski definition) is 10. The van der Waals surface area contributed by atoms with Gasteiger partial charge in [0.15, 0.2) is 0 Å². The van der Waals surface area contributed by atoms with Gasteiger partial charge in [-0.1, -0.05) is 0 Å². The van der Waals surface area contributed by atoms with E-state index in [9.17, 15) is 18.0 Å². The minimum atomic E-state index is -4.09. The van der Waals surface area contributed by atoms with E-state index in [4.69, 9.17) is 14.2 Å². The van der Waals surface area contributed by atoms with Gasteiger partial charge >= 0.3 is 12.2 Å². The van der Waals surface area contributed by atoms with Crippen molar-refractivity contribution in [3.63, 3.8) is 0 Å². The van der Waals surface area contributed by atoms with Gasteiger partial charge in [0.2, 0.25) is 5.95 Å². The van der Waals surface area contributed by atoms with E-state index in [1.807, 2.05) is 11.6 Å². The second-order valence-corrected chi connectivity index (χ2v) is 12.0. The van der Waals surface area contributed by atoms with Crippen molar-refractivity contribution in [3.8, 4) is 0 Å². The molecule has 13 heteroatoms. The van der Waals surface area contributed by atoms with Crippen LogP contribution >= 0.6 is 0 Å². The van der Waals surface area contributed by atoms with E-state index in [1.165, 1.54) is 24.3 Å². The van der Waals surface area contributed by atoms with Gasteiger partial charge in [-0.15, -0.1) is 0 Å². The molecule has 2 amide bonds. The highest BCUT2D eigenvalue weighted by Gasteiger charge is 2.40. The summed E-state index contributed by atoms with van der Waals surface area (Å²) in [4.78, 5) is 32.3. The third kappa shape index (κ3) is 7.52. The summed E-state index contributed by atoms with van der Waals surface area (Å²) in [6.45, 7) is 7.19. The second-order valence-electron chi connectivity index (χ2n) is 10.4. The Labute approximate surface area is 215 Å². The first-order valence-corrected chi connectivity index (χ1v) is 13.3. The van der Waals surface area contributed by atoms with E-state index in [1.54, 1.807) is 33.2 Å². The van der Waals surface area contributed by atoms with Crippen LogP contribution in [0.5, 0.6) is 0 Å². The maximum Gasteiger partial charge on any atom is 0.421 e. The average Bonchev–Trinajstić information content (AvgIpc) is 3.32. The molecule has 1 saturated heterocycles. The zero-order valence-electron chi connectivity index (χ0n) is 21.1. The lowest BCUT2D eigenvalue weighted by Crippen LogP contribution is -2.37. The fourth-order valence-corrected chi connectivity index (χ4v) is 4.41. The summed E-state index contributed by atoms with van der Waals surface area (Å²) < 4.78 is 42.9. The molecule has 1 saturated carbocycles. The van der Waals surface area contributed by atoms with E-state index in [0.717, 1.165) is 18.4 Å². The molecule has 2 fully saturated rings. The first kappa shape index (κ1) is 26.6. The van der Waals surface area contributed by atoms with Crippen molar-refractivity contribution in [1.82, 2.24) is 20.0 Å². The minimum Gasteiger partial charge on any atom is -0.444 e. The topological polar surface area (TPSA) is 158 Å². The molecular formula is C24H31N5O7S. The lowest BCUT2D eigenvalue weighted by Gasteiger charge is -2.19. The van der Waals surface area contributed by atoms with E-state index >= 15 is 0 Å². The Morgan fingerprint density at radius 2 is 1.73 bits per heavy atom. The Morgan fingerprint density at radius 1 is 1.08 bits per heavy atom. The Bertz CT molecular complexity index is 1240. The fourth-order valence-electron chi connectivity index (χ4n) is 3.54. The number of carbonyl (C=O) groups excluding carboxylic acids is 2. The molecule has 2 atom stereocenters. The predicted octanol–water partition coefficient (Wildman–Crippen LogP) is 3.54. The number of benzene rings is 1. The number of hydrogen-bond donors (Lipinski definition) is 3. The number of nitrogens with zero attached hydrogens (tertiary/aromatic N) is 2. The summed E-state index contributed by atoms with van der Waals surface area (Å²) in [6.07, 6.45) is 3.56. The molecule has 1 aliphatic heterocycles. The molecule has 1 aromatic heterocycles. The van der Waals surface area contributed by atoms with E-state index in [2.05, 4.69) is 20.6 Å². The van der Waals surface area contributed by atoms with Gasteiger partial charge in [-0.25, -0.2) is 32.7 Å². The maximum absolute atomic E-state index is 12.4. The summed E-state index contributed by atoms with van der Waals surface area (Å²) in [7, 11) is -4.09. The smallest absolute Gasteiger partial charge is 0.421 e. The van der Waals surface area contributed by atoms with Gasteiger partial charge in [0.25, 0.3) is 10.0 Å². The van der Waals surface area contributed by atoms with Crippen molar-refractivity contribution in [3.05, 3.63) is 42.2 Å². The molecule has 2 heterocycles. The van der Waals surface area contributed by atoms with E-state index in [0.29, 0.717) is 24.7 Å². The van der Waals surface area contributed by atoms with Crippen LogP contribution in [0, 0.1) is 0 Å². The van der Waals surface area contributed by atoms with Crippen LogP contribution in [0.2, 0.25) is 0 Å². The molecule has 0 spiro atoms. The first-order chi connectivity index (χ1) is 17.3. The molecule has 12 nitrogen and oxygen atoms in total. The number of alkyl carbamates (subject to hydrolysis) is 1. The first-order valence-electron chi connectivity index (χ1n) is 11.9. The van der Waals surface area contributed by atoms with E-state index in [-0.39, 0.29) is 22.6 Å². The number of rotatable bonds is 7. The SMILES string of the molecule is CC1(NC(=O)O[C@H]2CO[C@@H](c3cnc(Nc4ccc(S(=O)(=O)NC(=O)OC(C)(C)C)cc4)nc3)C2)CC1. The lowest BCUT2D eigenvalue weighted by molar-refractivity contribution is 0.0570. The zero-order chi connectivity index (χ0) is 26.8. The van der Waals surface area contributed by atoms with Gasteiger partial charge in [0, 0.05) is 35.6 Å².